The number of nitrogens with zero attached hydrogens (tertiary/aromatic N) is 3. The van der Waals surface area contributed by atoms with Crippen molar-refractivity contribution in [1.82, 2.24) is 15.5 Å². The molecule has 0 saturated carbocycles. The molecule has 1 aliphatic heterocycles. The van der Waals surface area contributed by atoms with E-state index in [1.54, 1.807) is 18.2 Å². The minimum atomic E-state index is -0.268. The van der Waals surface area contributed by atoms with Crippen LogP contribution in [0.2, 0.25) is 0 Å². The maximum Gasteiger partial charge on any atom is 0.271 e. The third kappa shape index (κ3) is 3.71. The number of aromatic nitrogens is 2. The zero-order valence-corrected chi connectivity index (χ0v) is 15.6. The molecule has 0 saturated heterocycles. The summed E-state index contributed by atoms with van der Waals surface area (Å²) in [7, 11) is 0. The van der Waals surface area contributed by atoms with Crippen LogP contribution < -0.4 is 10.2 Å². The van der Waals surface area contributed by atoms with Gasteiger partial charge in [-0.15, -0.1) is 10.2 Å². The van der Waals surface area contributed by atoms with Crippen molar-refractivity contribution in [2.24, 2.45) is 0 Å². The fourth-order valence-electron chi connectivity index (χ4n) is 3.55. The number of amides is 1. The number of nitrogens with one attached hydrogen (secondary N) is 1. The Morgan fingerprint density at radius 3 is 2.64 bits per heavy atom. The summed E-state index contributed by atoms with van der Waals surface area (Å²) in [5.74, 6) is 0.203. The molecule has 4 rings (SSSR count). The van der Waals surface area contributed by atoms with Crippen LogP contribution in [-0.4, -0.2) is 28.7 Å². The number of hydrogen-bond donors (Lipinski definition) is 1. The van der Waals surface area contributed by atoms with Gasteiger partial charge in [0.05, 0.1) is 0 Å². The van der Waals surface area contributed by atoms with E-state index in [9.17, 15) is 9.18 Å². The largest absolute Gasteiger partial charge is 0.350 e. The lowest BCUT2D eigenvalue weighted by Gasteiger charge is -2.23. The highest BCUT2D eigenvalue weighted by molar-refractivity contribution is 5.92. The van der Waals surface area contributed by atoms with E-state index in [2.05, 4.69) is 39.5 Å². The molecule has 0 fully saturated rings. The molecule has 1 unspecified atom stereocenters. The molecular weight excluding hydrogens is 355 g/mol. The van der Waals surface area contributed by atoms with E-state index in [-0.39, 0.29) is 17.4 Å². The first-order valence-corrected chi connectivity index (χ1v) is 9.35. The number of carbonyl (C=O) groups is 1. The minimum absolute atomic E-state index is 0.266. The van der Waals surface area contributed by atoms with Gasteiger partial charge in [-0.05, 0) is 61.2 Å². The van der Waals surface area contributed by atoms with Crippen LogP contribution >= 0.6 is 0 Å². The SMILES string of the molecule is CC1Cc2ccccc2N1c1ccc(C(=O)NCCc2ccc(F)cc2)nn1. The van der Waals surface area contributed by atoms with E-state index in [1.165, 1.54) is 17.7 Å². The monoisotopic (exact) mass is 376 g/mol. The second-order valence-corrected chi connectivity index (χ2v) is 6.96. The Bertz CT molecular complexity index is 973. The van der Waals surface area contributed by atoms with Gasteiger partial charge in [0, 0.05) is 18.3 Å². The van der Waals surface area contributed by atoms with Crippen molar-refractivity contribution in [3.05, 3.63) is 83.3 Å². The van der Waals surface area contributed by atoms with Gasteiger partial charge in [0.15, 0.2) is 11.5 Å². The van der Waals surface area contributed by atoms with Gasteiger partial charge in [-0.3, -0.25) is 4.79 Å². The summed E-state index contributed by atoms with van der Waals surface area (Å²) in [5.41, 5.74) is 3.67. The summed E-state index contributed by atoms with van der Waals surface area (Å²) in [6.45, 7) is 2.60. The number of para-hydroxylation sites is 1. The number of carbonyl (C=O) groups excluding carboxylic acids is 1. The summed E-state index contributed by atoms with van der Waals surface area (Å²) >= 11 is 0. The Kier molecular flexibility index (Phi) is 5.02. The second-order valence-electron chi connectivity index (χ2n) is 6.96. The molecule has 2 heterocycles. The van der Waals surface area contributed by atoms with E-state index in [0.717, 1.165) is 23.5 Å². The summed E-state index contributed by atoms with van der Waals surface area (Å²) < 4.78 is 12.9. The molecule has 0 aliphatic carbocycles. The molecule has 0 radical (unpaired) electrons. The van der Waals surface area contributed by atoms with Crippen LogP contribution in [0.1, 0.15) is 28.5 Å². The van der Waals surface area contributed by atoms with Crippen molar-refractivity contribution in [2.75, 3.05) is 11.4 Å². The molecule has 28 heavy (non-hydrogen) atoms. The molecule has 1 aromatic heterocycles. The summed E-state index contributed by atoms with van der Waals surface area (Å²) in [6.07, 6.45) is 1.59. The van der Waals surface area contributed by atoms with Crippen molar-refractivity contribution in [1.29, 1.82) is 0 Å². The molecule has 0 bridgehead atoms. The van der Waals surface area contributed by atoms with Gasteiger partial charge in [0.1, 0.15) is 5.82 Å². The first kappa shape index (κ1) is 18.1. The summed E-state index contributed by atoms with van der Waals surface area (Å²) in [5, 5.41) is 11.2. The fraction of sp³-hybridized carbons (Fsp3) is 0.227. The van der Waals surface area contributed by atoms with Crippen molar-refractivity contribution >= 4 is 17.4 Å². The average Bonchev–Trinajstić information content (AvgIpc) is 3.05. The normalized spacial score (nSPS) is 15.4. The third-order valence-electron chi connectivity index (χ3n) is 4.95. The Morgan fingerprint density at radius 1 is 1.11 bits per heavy atom. The van der Waals surface area contributed by atoms with Crippen molar-refractivity contribution in [3.8, 4) is 0 Å². The quantitative estimate of drug-likeness (QED) is 0.738. The third-order valence-corrected chi connectivity index (χ3v) is 4.95. The zero-order valence-electron chi connectivity index (χ0n) is 15.6. The second kappa shape index (κ2) is 7.76. The van der Waals surface area contributed by atoms with Crippen LogP contribution in [0.4, 0.5) is 15.9 Å². The first-order valence-electron chi connectivity index (χ1n) is 9.35. The molecule has 142 valence electrons. The lowest BCUT2D eigenvalue weighted by atomic mass is 10.1. The van der Waals surface area contributed by atoms with Gasteiger partial charge in [0.25, 0.3) is 5.91 Å². The number of benzene rings is 2. The van der Waals surface area contributed by atoms with Crippen LogP contribution in [0.3, 0.4) is 0 Å². The van der Waals surface area contributed by atoms with Gasteiger partial charge < -0.3 is 10.2 Å². The van der Waals surface area contributed by atoms with Crippen molar-refractivity contribution in [2.45, 2.75) is 25.8 Å². The highest BCUT2D eigenvalue weighted by Gasteiger charge is 2.28. The lowest BCUT2D eigenvalue weighted by molar-refractivity contribution is 0.0948. The standard InChI is InChI=1S/C22H21FN4O/c1-15-14-17-4-2-3-5-20(17)27(15)21-11-10-19(25-26-21)22(28)24-13-12-16-6-8-18(23)9-7-16/h2-11,15H,12-14H2,1H3,(H,24,28). The van der Waals surface area contributed by atoms with E-state index >= 15 is 0 Å². The highest BCUT2D eigenvalue weighted by Crippen LogP contribution is 2.36. The molecule has 1 aliphatic rings. The molecule has 6 heteroatoms. The maximum absolute atomic E-state index is 12.9. The van der Waals surface area contributed by atoms with Crippen LogP contribution in [0.5, 0.6) is 0 Å². The van der Waals surface area contributed by atoms with Gasteiger partial charge >= 0.3 is 0 Å². The number of fused-ring (bicyclic) bond motifs is 1. The van der Waals surface area contributed by atoms with Gasteiger partial charge in [-0.2, -0.15) is 0 Å². The Labute approximate surface area is 163 Å². The van der Waals surface area contributed by atoms with E-state index in [0.29, 0.717) is 19.0 Å². The molecule has 2 aromatic carbocycles. The molecule has 1 amide bonds. The van der Waals surface area contributed by atoms with Crippen LogP contribution in [0.15, 0.2) is 60.7 Å². The maximum atomic E-state index is 12.9. The predicted octanol–water partition coefficient (Wildman–Crippen LogP) is 3.67. The number of anilines is 2. The summed E-state index contributed by atoms with van der Waals surface area (Å²) in [6, 6.07) is 18.3. The average molecular weight is 376 g/mol. The Hall–Kier alpha value is -3.28. The van der Waals surface area contributed by atoms with E-state index < -0.39 is 0 Å². The van der Waals surface area contributed by atoms with Gasteiger partial charge in [-0.1, -0.05) is 30.3 Å². The fourth-order valence-corrected chi connectivity index (χ4v) is 3.55. The number of halogens is 1. The molecular formula is C22H21FN4O. The van der Waals surface area contributed by atoms with Crippen molar-refractivity contribution in [3.63, 3.8) is 0 Å². The van der Waals surface area contributed by atoms with Crippen LogP contribution in [0, 0.1) is 5.82 Å². The molecule has 3 aromatic rings. The lowest BCUT2D eigenvalue weighted by Crippen LogP contribution is -2.28. The molecule has 1 atom stereocenters. The number of rotatable bonds is 5. The number of hydrogen-bond acceptors (Lipinski definition) is 4. The zero-order chi connectivity index (χ0) is 19.5. The van der Waals surface area contributed by atoms with Crippen LogP contribution in [-0.2, 0) is 12.8 Å². The first-order chi connectivity index (χ1) is 13.6. The van der Waals surface area contributed by atoms with Crippen LogP contribution in [0.25, 0.3) is 0 Å². The predicted molar refractivity (Wildman–Crippen MR) is 106 cm³/mol. The Balaban J connectivity index is 1.39. The van der Waals surface area contributed by atoms with Gasteiger partial charge in [-0.25, -0.2) is 4.39 Å². The molecule has 5 nitrogen and oxygen atoms in total. The van der Waals surface area contributed by atoms with Gasteiger partial charge in [0.2, 0.25) is 0 Å². The summed E-state index contributed by atoms with van der Waals surface area (Å²) in [4.78, 5) is 14.4. The van der Waals surface area contributed by atoms with Crippen molar-refractivity contribution < 1.29 is 9.18 Å². The highest BCUT2D eigenvalue weighted by atomic mass is 19.1. The van der Waals surface area contributed by atoms with E-state index in [1.807, 2.05) is 18.2 Å². The smallest absolute Gasteiger partial charge is 0.271 e. The topological polar surface area (TPSA) is 58.1 Å². The molecule has 0 spiro atoms. The molecule has 1 N–H and O–H groups in total. The Morgan fingerprint density at radius 2 is 1.89 bits per heavy atom. The van der Waals surface area contributed by atoms with E-state index in [4.69, 9.17) is 0 Å². The minimum Gasteiger partial charge on any atom is -0.350 e.